The van der Waals surface area contributed by atoms with Crippen LogP contribution >= 0.6 is 11.8 Å². The zero-order valence-electron chi connectivity index (χ0n) is 26.5. The van der Waals surface area contributed by atoms with Crippen LogP contribution in [0.1, 0.15) is 27.8 Å². The predicted molar refractivity (Wildman–Crippen MR) is 188 cm³/mol. The van der Waals surface area contributed by atoms with Gasteiger partial charge in [0, 0.05) is 5.75 Å². The highest BCUT2D eigenvalue weighted by Crippen LogP contribution is 2.36. The van der Waals surface area contributed by atoms with E-state index in [9.17, 15) is 0 Å². The van der Waals surface area contributed by atoms with Crippen molar-refractivity contribution in [2.75, 3.05) is 6.61 Å². The molecule has 1 aliphatic rings. The zero-order valence-corrected chi connectivity index (χ0v) is 27.3. The average Bonchev–Trinajstić information content (AvgIpc) is 3.14. The Morgan fingerprint density at radius 1 is 0.426 bits per heavy atom. The molecule has 0 spiro atoms. The van der Waals surface area contributed by atoms with Gasteiger partial charge in [-0.1, -0.05) is 152 Å². The highest BCUT2D eigenvalue weighted by Gasteiger charge is 2.48. The maximum Gasteiger partial charge on any atom is 0.133 e. The summed E-state index contributed by atoms with van der Waals surface area (Å²) in [5.41, 5.74) is 5.29. The lowest BCUT2D eigenvalue weighted by molar-refractivity contribution is -0.254. The van der Waals surface area contributed by atoms with Gasteiger partial charge in [0.2, 0.25) is 0 Å². The van der Waals surface area contributed by atoms with Gasteiger partial charge in [0.25, 0.3) is 0 Å². The second kappa shape index (κ2) is 18.0. The van der Waals surface area contributed by atoms with Crippen LogP contribution in [0.25, 0.3) is 0 Å². The molecule has 6 rings (SSSR count). The molecular formula is C41H42O5S. The first kappa shape index (κ1) is 33.2. The molecule has 0 saturated carbocycles. The quantitative estimate of drug-likeness (QED) is 0.107. The first-order valence-corrected chi connectivity index (χ1v) is 17.3. The minimum absolute atomic E-state index is 0.318. The SMILES string of the molecule is c1ccc(COC[C@H]2O[C@H](SCc3ccccc3)[C@H](OCc3ccccc3)[C@@H](OCc3ccccc3)[C@@H]2OCc2ccccc2)cc1. The molecule has 5 aromatic rings. The summed E-state index contributed by atoms with van der Waals surface area (Å²) in [7, 11) is 0. The summed E-state index contributed by atoms with van der Waals surface area (Å²) in [5.74, 6) is 0.773. The Morgan fingerprint density at radius 2 is 0.809 bits per heavy atom. The smallest absolute Gasteiger partial charge is 0.133 e. The van der Waals surface area contributed by atoms with Gasteiger partial charge in [0.05, 0.1) is 33.0 Å². The van der Waals surface area contributed by atoms with Crippen molar-refractivity contribution in [3.8, 4) is 0 Å². The molecule has 5 aromatic carbocycles. The molecule has 0 aliphatic carbocycles. The van der Waals surface area contributed by atoms with E-state index in [4.69, 9.17) is 23.7 Å². The van der Waals surface area contributed by atoms with Crippen LogP contribution < -0.4 is 0 Å². The van der Waals surface area contributed by atoms with Crippen LogP contribution in [-0.4, -0.2) is 36.5 Å². The summed E-state index contributed by atoms with van der Waals surface area (Å²) >= 11 is 1.73. The van der Waals surface area contributed by atoms with Crippen LogP contribution in [0.5, 0.6) is 0 Å². The van der Waals surface area contributed by atoms with Crippen molar-refractivity contribution in [1.82, 2.24) is 0 Å². The molecule has 47 heavy (non-hydrogen) atoms. The van der Waals surface area contributed by atoms with Crippen molar-refractivity contribution in [3.63, 3.8) is 0 Å². The Bertz CT molecular complexity index is 1560. The molecule has 0 N–H and O–H groups in total. The monoisotopic (exact) mass is 646 g/mol. The van der Waals surface area contributed by atoms with Gasteiger partial charge >= 0.3 is 0 Å². The van der Waals surface area contributed by atoms with E-state index in [0.717, 1.165) is 28.0 Å². The van der Waals surface area contributed by atoms with Crippen molar-refractivity contribution < 1.29 is 23.7 Å². The van der Waals surface area contributed by atoms with Gasteiger partial charge in [-0.05, 0) is 27.8 Å². The maximum atomic E-state index is 6.94. The van der Waals surface area contributed by atoms with E-state index in [1.54, 1.807) is 11.8 Å². The van der Waals surface area contributed by atoms with Gasteiger partial charge in [-0.2, -0.15) is 0 Å². The zero-order chi connectivity index (χ0) is 31.9. The Hall–Kier alpha value is -3.75. The van der Waals surface area contributed by atoms with E-state index >= 15 is 0 Å². The van der Waals surface area contributed by atoms with Crippen LogP contribution in [-0.2, 0) is 55.9 Å². The molecule has 6 heteroatoms. The number of rotatable bonds is 16. The molecule has 0 bridgehead atoms. The summed E-state index contributed by atoms with van der Waals surface area (Å²) < 4.78 is 33.6. The van der Waals surface area contributed by atoms with Gasteiger partial charge in [0.15, 0.2) is 0 Å². The Balaban J connectivity index is 1.29. The number of hydrogen-bond donors (Lipinski definition) is 0. The molecule has 1 aliphatic heterocycles. The van der Waals surface area contributed by atoms with Crippen LogP contribution in [0, 0.1) is 0 Å². The van der Waals surface area contributed by atoms with Gasteiger partial charge in [-0.15, -0.1) is 11.8 Å². The van der Waals surface area contributed by atoms with Crippen LogP contribution in [0.15, 0.2) is 152 Å². The van der Waals surface area contributed by atoms with E-state index in [-0.39, 0.29) is 11.5 Å². The summed E-state index contributed by atoms with van der Waals surface area (Å²) in [5, 5.41) is 0. The van der Waals surface area contributed by atoms with Gasteiger partial charge < -0.3 is 23.7 Å². The topological polar surface area (TPSA) is 46.2 Å². The summed E-state index contributed by atoms with van der Waals surface area (Å²) in [6.07, 6.45) is -1.65. The lowest BCUT2D eigenvalue weighted by Gasteiger charge is -2.46. The molecular weight excluding hydrogens is 605 g/mol. The van der Waals surface area contributed by atoms with Crippen molar-refractivity contribution in [1.29, 1.82) is 0 Å². The minimum atomic E-state index is -0.441. The largest absolute Gasteiger partial charge is 0.374 e. The number of benzene rings is 5. The molecule has 1 saturated heterocycles. The maximum absolute atomic E-state index is 6.94. The number of hydrogen-bond acceptors (Lipinski definition) is 6. The third-order valence-corrected chi connectivity index (χ3v) is 9.31. The summed E-state index contributed by atoms with van der Waals surface area (Å²) in [4.78, 5) is 0. The van der Waals surface area contributed by atoms with Crippen LogP contribution in [0.2, 0.25) is 0 Å². The fraction of sp³-hybridized carbons (Fsp3) is 0.268. The highest BCUT2D eigenvalue weighted by molar-refractivity contribution is 7.99. The predicted octanol–water partition coefficient (Wildman–Crippen LogP) is 8.62. The third-order valence-electron chi connectivity index (χ3n) is 8.10. The average molecular weight is 647 g/mol. The molecule has 0 unspecified atom stereocenters. The van der Waals surface area contributed by atoms with Crippen LogP contribution in [0.3, 0.4) is 0 Å². The van der Waals surface area contributed by atoms with Crippen molar-refractivity contribution in [3.05, 3.63) is 179 Å². The first-order valence-electron chi connectivity index (χ1n) is 16.2. The Kier molecular flexibility index (Phi) is 12.7. The fourth-order valence-corrected chi connectivity index (χ4v) is 6.83. The van der Waals surface area contributed by atoms with Crippen LogP contribution in [0.4, 0.5) is 0 Å². The molecule has 5 atom stereocenters. The lowest BCUT2D eigenvalue weighted by atomic mass is 9.98. The third kappa shape index (κ3) is 10.1. The summed E-state index contributed by atoms with van der Waals surface area (Å²) in [6.45, 7) is 2.12. The first-order chi connectivity index (χ1) is 23.3. The van der Waals surface area contributed by atoms with E-state index in [0.29, 0.717) is 33.0 Å². The van der Waals surface area contributed by atoms with E-state index < -0.39 is 18.3 Å². The molecule has 0 amide bonds. The molecule has 1 fully saturated rings. The molecule has 5 nitrogen and oxygen atoms in total. The highest BCUT2D eigenvalue weighted by atomic mass is 32.2. The van der Waals surface area contributed by atoms with E-state index in [2.05, 4.69) is 72.8 Å². The van der Waals surface area contributed by atoms with Gasteiger partial charge in [-0.3, -0.25) is 0 Å². The van der Waals surface area contributed by atoms with Crippen molar-refractivity contribution in [2.45, 2.75) is 62.0 Å². The standard InChI is InChI=1S/C41H42O5S/c1-6-16-32(17-7-1)26-42-30-37-38(43-27-33-18-8-2-9-19-33)39(44-28-34-20-10-3-11-21-34)40(45-29-35-22-12-4-13-23-35)41(46-37)47-31-36-24-14-5-15-25-36/h1-25,37-41H,26-31H2/t37-,38-,39+,40-,41-/m1/s1. The normalized spacial score (nSPS) is 21.0. The van der Waals surface area contributed by atoms with Crippen molar-refractivity contribution in [2.24, 2.45) is 0 Å². The lowest BCUT2D eigenvalue weighted by Crippen LogP contribution is -2.60. The number of ether oxygens (including phenoxy) is 5. The van der Waals surface area contributed by atoms with Crippen molar-refractivity contribution >= 4 is 11.8 Å². The van der Waals surface area contributed by atoms with E-state index in [1.165, 1.54) is 5.56 Å². The van der Waals surface area contributed by atoms with E-state index in [1.807, 2.05) is 78.9 Å². The Labute approximate surface area is 282 Å². The Morgan fingerprint density at radius 3 is 1.28 bits per heavy atom. The fourth-order valence-electron chi connectivity index (χ4n) is 5.63. The number of thioether (sulfide) groups is 1. The molecule has 1 heterocycles. The molecule has 0 aromatic heterocycles. The summed E-state index contributed by atoms with van der Waals surface area (Å²) in [6, 6.07) is 51.4. The van der Waals surface area contributed by atoms with Gasteiger partial charge in [0.1, 0.15) is 29.9 Å². The van der Waals surface area contributed by atoms with Gasteiger partial charge in [-0.25, -0.2) is 0 Å². The molecule has 0 radical (unpaired) electrons. The molecule has 242 valence electrons. The second-order valence-corrected chi connectivity index (χ2v) is 12.7. The second-order valence-electron chi connectivity index (χ2n) is 11.6. The minimum Gasteiger partial charge on any atom is -0.374 e.